The first-order valence-electron chi connectivity index (χ1n) is 8.30. The van der Waals surface area contributed by atoms with E-state index in [0.717, 1.165) is 11.3 Å². The largest absolute Gasteiger partial charge is 0.497 e. The number of rotatable bonds is 7. The normalized spacial score (nSPS) is 12.5. The summed E-state index contributed by atoms with van der Waals surface area (Å²) >= 11 is 1.28. The third-order valence-corrected chi connectivity index (χ3v) is 4.66. The Labute approximate surface area is 152 Å². The standard InChI is InChI=1S/C18H25N3O3S/c1-11(2)21(12(3)4)17(22)13(5)25-18-20-19-16(24-18)14-7-9-15(23-6)10-8-14/h7-13H,1-6H3/t13-/m0/s1. The fourth-order valence-electron chi connectivity index (χ4n) is 2.62. The molecule has 0 aliphatic heterocycles. The molecule has 25 heavy (non-hydrogen) atoms. The van der Waals surface area contributed by atoms with Gasteiger partial charge < -0.3 is 14.1 Å². The number of thioether (sulfide) groups is 1. The maximum absolute atomic E-state index is 12.7. The maximum Gasteiger partial charge on any atom is 0.277 e. The molecule has 0 saturated heterocycles. The van der Waals surface area contributed by atoms with Crippen LogP contribution in [-0.4, -0.2) is 45.4 Å². The molecule has 2 aromatic rings. The average Bonchev–Trinajstić information content (AvgIpc) is 3.02. The minimum atomic E-state index is -0.297. The van der Waals surface area contributed by atoms with Gasteiger partial charge in [-0.1, -0.05) is 11.8 Å². The molecule has 0 aliphatic rings. The molecule has 1 aromatic heterocycles. The van der Waals surface area contributed by atoms with Crippen LogP contribution in [0.5, 0.6) is 5.75 Å². The van der Waals surface area contributed by atoms with Gasteiger partial charge in [0.2, 0.25) is 11.8 Å². The zero-order chi connectivity index (χ0) is 18.6. The van der Waals surface area contributed by atoms with Crippen LogP contribution in [0.2, 0.25) is 0 Å². The molecule has 1 heterocycles. The molecule has 1 atom stereocenters. The van der Waals surface area contributed by atoms with Crippen molar-refractivity contribution >= 4 is 17.7 Å². The summed E-state index contributed by atoms with van der Waals surface area (Å²) in [5.41, 5.74) is 0.810. The summed E-state index contributed by atoms with van der Waals surface area (Å²) in [6.45, 7) is 9.93. The molecule has 7 heteroatoms. The van der Waals surface area contributed by atoms with Crippen LogP contribution in [0.15, 0.2) is 33.9 Å². The zero-order valence-electron chi connectivity index (χ0n) is 15.5. The Morgan fingerprint density at radius 1 is 1.08 bits per heavy atom. The van der Waals surface area contributed by atoms with Crippen molar-refractivity contribution in [2.45, 2.75) is 57.2 Å². The van der Waals surface area contributed by atoms with Gasteiger partial charge in [-0.25, -0.2) is 0 Å². The average molecular weight is 363 g/mol. The summed E-state index contributed by atoms with van der Waals surface area (Å²) in [7, 11) is 1.62. The van der Waals surface area contributed by atoms with Crippen LogP contribution in [0.3, 0.4) is 0 Å². The van der Waals surface area contributed by atoms with Crippen molar-refractivity contribution in [2.24, 2.45) is 0 Å². The number of nitrogens with zero attached hydrogens (tertiary/aromatic N) is 3. The molecule has 6 nitrogen and oxygen atoms in total. The first-order valence-corrected chi connectivity index (χ1v) is 9.18. The van der Waals surface area contributed by atoms with E-state index in [2.05, 4.69) is 10.2 Å². The van der Waals surface area contributed by atoms with Crippen LogP contribution >= 0.6 is 11.8 Å². The highest BCUT2D eigenvalue weighted by atomic mass is 32.2. The van der Waals surface area contributed by atoms with E-state index in [4.69, 9.17) is 9.15 Å². The highest BCUT2D eigenvalue weighted by Crippen LogP contribution is 2.28. The van der Waals surface area contributed by atoms with E-state index in [-0.39, 0.29) is 23.2 Å². The summed E-state index contributed by atoms with van der Waals surface area (Å²) in [4.78, 5) is 14.6. The van der Waals surface area contributed by atoms with Crippen molar-refractivity contribution < 1.29 is 13.9 Å². The van der Waals surface area contributed by atoms with Crippen molar-refractivity contribution in [3.05, 3.63) is 24.3 Å². The van der Waals surface area contributed by atoms with E-state index in [1.54, 1.807) is 7.11 Å². The third kappa shape index (κ3) is 4.75. The smallest absolute Gasteiger partial charge is 0.277 e. The number of ether oxygens (including phenoxy) is 1. The zero-order valence-corrected chi connectivity index (χ0v) is 16.3. The van der Waals surface area contributed by atoms with Gasteiger partial charge >= 0.3 is 0 Å². The third-order valence-electron chi connectivity index (χ3n) is 3.74. The first kappa shape index (κ1) is 19.3. The molecular weight excluding hydrogens is 338 g/mol. The Hall–Kier alpha value is -2.02. The number of carbonyl (C=O) groups is 1. The van der Waals surface area contributed by atoms with Crippen LogP contribution in [0, 0.1) is 0 Å². The lowest BCUT2D eigenvalue weighted by atomic mass is 10.2. The van der Waals surface area contributed by atoms with E-state index >= 15 is 0 Å². The molecule has 0 radical (unpaired) electrons. The van der Waals surface area contributed by atoms with Gasteiger partial charge in [0.25, 0.3) is 5.22 Å². The van der Waals surface area contributed by atoms with Gasteiger partial charge in [-0.05, 0) is 58.9 Å². The number of methoxy groups -OCH3 is 1. The van der Waals surface area contributed by atoms with Crippen molar-refractivity contribution in [3.8, 4) is 17.2 Å². The van der Waals surface area contributed by atoms with Crippen LogP contribution in [0.25, 0.3) is 11.5 Å². The molecule has 136 valence electrons. The number of aromatic nitrogens is 2. The lowest BCUT2D eigenvalue weighted by Crippen LogP contribution is -2.45. The predicted octanol–water partition coefficient (Wildman–Crippen LogP) is 3.87. The molecule has 1 amide bonds. The molecule has 0 unspecified atom stereocenters. The van der Waals surface area contributed by atoms with E-state index in [1.165, 1.54) is 11.8 Å². The number of carbonyl (C=O) groups excluding carboxylic acids is 1. The first-order chi connectivity index (χ1) is 11.8. The Bertz CT molecular complexity index is 690. The van der Waals surface area contributed by atoms with Gasteiger partial charge in [0, 0.05) is 17.6 Å². The van der Waals surface area contributed by atoms with Crippen LogP contribution in [0.1, 0.15) is 34.6 Å². The van der Waals surface area contributed by atoms with E-state index < -0.39 is 0 Å². The minimum Gasteiger partial charge on any atom is -0.497 e. The molecule has 0 aliphatic carbocycles. The second kappa shape index (κ2) is 8.38. The molecule has 0 spiro atoms. The van der Waals surface area contributed by atoms with Crippen molar-refractivity contribution in [1.82, 2.24) is 15.1 Å². The second-order valence-electron chi connectivity index (χ2n) is 6.29. The lowest BCUT2D eigenvalue weighted by molar-refractivity contribution is -0.133. The number of benzene rings is 1. The van der Waals surface area contributed by atoms with Gasteiger partial charge in [-0.2, -0.15) is 0 Å². The van der Waals surface area contributed by atoms with Crippen LogP contribution in [0.4, 0.5) is 0 Å². The van der Waals surface area contributed by atoms with Crippen molar-refractivity contribution in [1.29, 1.82) is 0 Å². The Morgan fingerprint density at radius 3 is 2.20 bits per heavy atom. The van der Waals surface area contributed by atoms with Crippen LogP contribution in [-0.2, 0) is 4.79 Å². The second-order valence-corrected chi connectivity index (χ2v) is 7.59. The van der Waals surface area contributed by atoms with E-state index in [0.29, 0.717) is 11.1 Å². The van der Waals surface area contributed by atoms with E-state index in [1.807, 2.05) is 63.8 Å². The molecule has 0 bridgehead atoms. The Balaban J connectivity index is 2.08. The van der Waals surface area contributed by atoms with Gasteiger partial charge in [0.15, 0.2) is 0 Å². The molecule has 0 N–H and O–H groups in total. The minimum absolute atomic E-state index is 0.0687. The highest BCUT2D eigenvalue weighted by molar-refractivity contribution is 8.00. The quantitative estimate of drug-likeness (QED) is 0.696. The summed E-state index contributed by atoms with van der Waals surface area (Å²) < 4.78 is 10.8. The lowest BCUT2D eigenvalue weighted by Gasteiger charge is -2.32. The van der Waals surface area contributed by atoms with Crippen LogP contribution < -0.4 is 4.74 Å². The number of hydrogen-bond acceptors (Lipinski definition) is 6. The summed E-state index contributed by atoms with van der Waals surface area (Å²) in [5, 5.41) is 8.21. The fourth-order valence-corrected chi connectivity index (χ4v) is 3.36. The molecule has 0 fully saturated rings. The maximum atomic E-state index is 12.7. The molecule has 0 saturated carbocycles. The predicted molar refractivity (Wildman–Crippen MR) is 98.7 cm³/mol. The summed E-state index contributed by atoms with van der Waals surface area (Å²) in [6, 6.07) is 7.67. The van der Waals surface area contributed by atoms with Crippen molar-refractivity contribution in [3.63, 3.8) is 0 Å². The van der Waals surface area contributed by atoms with Gasteiger partial charge in [0.05, 0.1) is 12.4 Å². The molecule has 1 aromatic carbocycles. The summed E-state index contributed by atoms with van der Waals surface area (Å²) in [5.74, 6) is 1.26. The van der Waals surface area contributed by atoms with Crippen molar-refractivity contribution in [2.75, 3.05) is 7.11 Å². The van der Waals surface area contributed by atoms with Gasteiger partial charge in [-0.3, -0.25) is 4.79 Å². The monoisotopic (exact) mass is 363 g/mol. The Morgan fingerprint density at radius 2 is 1.68 bits per heavy atom. The topological polar surface area (TPSA) is 68.5 Å². The molecular formula is C18H25N3O3S. The van der Waals surface area contributed by atoms with Gasteiger partial charge in [-0.15, -0.1) is 10.2 Å². The molecule has 2 rings (SSSR count). The summed E-state index contributed by atoms with van der Waals surface area (Å²) in [6.07, 6.45) is 0. The number of amides is 1. The van der Waals surface area contributed by atoms with Gasteiger partial charge in [0.1, 0.15) is 5.75 Å². The SMILES string of the molecule is COc1ccc(-c2nnc(S[C@@H](C)C(=O)N(C(C)C)C(C)C)o2)cc1. The number of hydrogen-bond donors (Lipinski definition) is 0. The highest BCUT2D eigenvalue weighted by Gasteiger charge is 2.27. The Kier molecular flexibility index (Phi) is 6.47. The van der Waals surface area contributed by atoms with E-state index in [9.17, 15) is 4.79 Å². The fraction of sp³-hybridized carbons (Fsp3) is 0.500.